The van der Waals surface area contributed by atoms with Crippen molar-refractivity contribution in [1.29, 1.82) is 0 Å². The molecular formula is C27H32N4O5. The van der Waals surface area contributed by atoms with Crippen molar-refractivity contribution in [3.63, 3.8) is 0 Å². The maximum Gasteiger partial charge on any atom is 0.259 e. The molecule has 1 aromatic heterocycles. The van der Waals surface area contributed by atoms with Crippen molar-refractivity contribution < 1.29 is 19.1 Å². The number of carbonyl (C=O) groups is 3. The number of aromatic nitrogens is 1. The lowest BCUT2D eigenvalue weighted by molar-refractivity contribution is -0.123. The Morgan fingerprint density at radius 2 is 1.92 bits per heavy atom. The van der Waals surface area contributed by atoms with Crippen molar-refractivity contribution in [2.24, 2.45) is 0 Å². The van der Waals surface area contributed by atoms with Gasteiger partial charge in [-0.05, 0) is 38.2 Å². The van der Waals surface area contributed by atoms with Gasteiger partial charge in [0.1, 0.15) is 16.9 Å². The first-order valence-corrected chi connectivity index (χ1v) is 12.3. The van der Waals surface area contributed by atoms with E-state index in [2.05, 4.69) is 16.7 Å². The largest absolute Gasteiger partial charge is 0.496 e. The average molecular weight is 493 g/mol. The van der Waals surface area contributed by atoms with Gasteiger partial charge >= 0.3 is 0 Å². The molecule has 9 nitrogen and oxygen atoms in total. The molecule has 0 bridgehead atoms. The molecule has 190 valence electrons. The van der Waals surface area contributed by atoms with E-state index in [1.807, 2.05) is 24.3 Å². The Morgan fingerprint density at radius 3 is 2.67 bits per heavy atom. The first-order chi connectivity index (χ1) is 17.5. The molecule has 1 aliphatic heterocycles. The molecule has 36 heavy (non-hydrogen) atoms. The number of rotatable bonds is 8. The van der Waals surface area contributed by atoms with Crippen molar-refractivity contribution in [3.05, 3.63) is 75.2 Å². The summed E-state index contributed by atoms with van der Waals surface area (Å²) in [7, 11) is 1.57. The summed E-state index contributed by atoms with van der Waals surface area (Å²) in [5.74, 6) is -0.708. The lowest BCUT2D eigenvalue weighted by Gasteiger charge is -2.26. The maximum atomic E-state index is 13.3. The zero-order chi connectivity index (χ0) is 25.5. The predicted molar refractivity (Wildman–Crippen MR) is 135 cm³/mol. The Labute approximate surface area is 210 Å². The van der Waals surface area contributed by atoms with Gasteiger partial charge in [0.15, 0.2) is 0 Å². The van der Waals surface area contributed by atoms with E-state index in [0.717, 1.165) is 31.2 Å². The number of carbonyl (C=O) groups excluding carboxylic acids is 3. The standard InChI is InChI=1S/C27H32N4O5/c1-36-23-10-6-5-9-20(23)15-30-16-21(26(34)29-12-11-19-7-3-2-4-8-19)25(33)22(17-30)27(35)31-14-13-28-24(32)18-31/h5-7,9-10,16-17H,2-4,8,11-15,18H2,1H3,(H,28,32)(H,29,34). The minimum Gasteiger partial charge on any atom is -0.496 e. The van der Waals surface area contributed by atoms with Crippen LogP contribution in [0.5, 0.6) is 5.75 Å². The lowest BCUT2D eigenvalue weighted by Crippen LogP contribution is -2.51. The van der Waals surface area contributed by atoms with E-state index in [9.17, 15) is 19.2 Å². The van der Waals surface area contributed by atoms with Crippen LogP contribution in [0, 0.1) is 0 Å². The molecule has 0 unspecified atom stereocenters. The number of pyridine rings is 1. The summed E-state index contributed by atoms with van der Waals surface area (Å²) >= 11 is 0. The highest BCUT2D eigenvalue weighted by molar-refractivity contribution is 6.00. The molecule has 0 atom stereocenters. The van der Waals surface area contributed by atoms with Crippen LogP contribution >= 0.6 is 0 Å². The van der Waals surface area contributed by atoms with Gasteiger partial charge in [-0.1, -0.05) is 29.8 Å². The maximum absolute atomic E-state index is 13.3. The fourth-order valence-corrected chi connectivity index (χ4v) is 4.61. The summed E-state index contributed by atoms with van der Waals surface area (Å²) < 4.78 is 7.08. The second-order valence-corrected chi connectivity index (χ2v) is 9.09. The zero-order valence-electron chi connectivity index (χ0n) is 20.5. The molecule has 1 fully saturated rings. The van der Waals surface area contributed by atoms with Gasteiger partial charge in [-0.15, -0.1) is 0 Å². The van der Waals surface area contributed by atoms with Gasteiger partial charge in [-0.25, -0.2) is 0 Å². The van der Waals surface area contributed by atoms with E-state index in [-0.39, 0.29) is 30.1 Å². The van der Waals surface area contributed by atoms with Gasteiger partial charge in [0.25, 0.3) is 11.8 Å². The molecule has 1 aliphatic carbocycles. The Balaban J connectivity index is 1.62. The Morgan fingerprint density at radius 1 is 1.11 bits per heavy atom. The number of benzene rings is 1. The normalized spacial score (nSPS) is 15.6. The topological polar surface area (TPSA) is 110 Å². The summed E-state index contributed by atoms with van der Waals surface area (Å²) in [5.41, 5.74) is 1.27. The summed E-state index contributed by atoms with van der Waals surface area (Å²) in [6, 6.07) is 7.42. The molecule has 1 saturated heterocycles. The van der Waals surface area contributed by atoms with Crippen LogP contribution in [0.2, 0.25) is 0 Å². The van der Waals surface area contributed by atoms with Crippen LogP contribution in [0.4, 0.5) is 0 Å². The summed E-state index contributed by atoms with van der Waals surface area (Å²) in [5, 5.41) is 5.52. The smallest absolute Gasteiger partial charge is 0.259 e. The van der Waals surface area contributed by atoms with Crippen LogP contribution < -0.4 is 20.8 Å². The molecule has 4 rings (SSSR count). The Kier molecular flexibility index (Phi) is 8.20. The number of allylic oxidation sites excluding steroid dienone is 1. The van der Waals surface area contributed by atoms with Gasteiger partial charge in [0.2, 0.25) is 11.3 Å². The SMILES string of the molecule is COc1ccccc1Cn1cc(C(=O)NCCC2=CCCCC2)c(=O)c(C(=O)N2CCNC(=O)C2)c1. The van der Waals surface area contributed by atoms with Crippen LogP contribution in [0.1, 0.15) is 58.4 Å². The van der Waals surface area contributed by atoms with Crippen molar-refractivity contribution >= 4 is 17.7 Å². The van der Waals surface area contributed by atoms with E-state index < -0.39 is 17.2 Å². The lowest BCUT2D eigenvalue weighted by atomic mass is 9.97. The first-order valence-electron chi connectivity index (χ1n) is 12.3. The monoisotopic (exact) mass is 492 g/mol. The van der Waals surface area contributed by atoms with E-state index in [0.29, 0.717) is 25.4 Å². The molecule has 2 heterocycles. The fourth-order valence-electron chi connectivity index (χ4n) is 4.61. The minimum absolute atomic E-state index is 0.102. The van der Waals surface area contributed by atoms with Crippen LogP contribution in [0.25, 0.3) is 0 Å². The second kappa shape index (κ2) is 11.7. The Hall–Kier alpha value is -3.88. The molecule has 0 saturated carbocycles. The fraction of sp³-hybridized carbons (Fsp3) is 0.407. The number of methoxy groups -OCH3 is 1. The summed E-state index contributed by atoms with van der Waals surface area (Å²) in [4.78, 5) is 52.8. The number of hydrogen-bond acceptors (Lipinski definition) is 5. The number of nitrogens with one attached hydrogen (secondary N) is 2. The third kappa shape index (κ3) is 6.02. The van der Waals surface area contributed by atoms with Crippen LogP contribution in [0.15, 0.2) is 53.1 Å². The third-order valence-electron chi connectivity index (χ3n) is 6.54. The second-order valence-electron chi connectivity index (χ2n) is 9.09. The van der Waals surface area contributed by atoms with E-state index in [4.69, 9.17) is 4.74 Å². The number of amides is 3. The van der Waals surface area contributed by atoms with Crippen molar-refractivity contribution in [2.45, 2.75) is 38.6 Å². The highest BCUT2D eigenvalue weighted by Gasteiger charge is 2.27. The first kappa shape index (κ1) is 25.2. The zero-order valence-corrected chi connectivity index (χ0v) is 20.5. The van der Waals surface area contributed by atoms with Crippen LogP contribution in [-0.4, -0.2) is 60.5 Å². The molecule has 2 N–H and O–H groups in total. The molecule has 9 heteroatoms. The van der Waals surface area contributed by atoms with Crippen molar-refractivity contribution in [1.82, 2.24) is 20.1 Å². The van der Waals surface area contributed by atoms with Crippen molar-refractivity contribution in [3.8, 4) is 5.75 Å². The quantitative estimate of drug-likeness (QED) is 0.549. The van der Waals surface area contributed by atoms with Gasteiger partial charge in [0, 0.05) is 37.6 Å². The molecule has 0 spiro atoms. The molecule has 3 amide bonds. The van der Waals surface area contributed by atoms with Crippen molar-refractivity contribution in [2.75, 3.05) is 33.3 Å². The van der Waals surface area contributed by atoms with Gasteiger partial charge in [-0.3, -0.25) is 19.2 Å². The number of piperazine rings is 1. The minimum atomic E-state index is -0.642. The molecular weight excluding hydrogens is 460 g/mol. The number of hydrogen-bond donors (Lipinski definition) is 2. The summed E-state index contributed by atoms with van der Waals surface area (Å²) in [6.07, 6.45) is 10.3. The van der Waals surface area contributed by atoms with Crippen LogP contribution in [-0.2, 0) is 11.3 Å². The molecule has 0 radical (unpaired) electrons. The highest BCUT2D eigenvalue weighted by atomic mass is 16.5. The number of nitrogens with zero attached hydrogens (tertiary/aromatic N) is 2. The van der Waals surface area contributed by atoms with Gasteiger partial charge in [-0.2, -0.15) is 0 Å². The molecule has 2 aromatic rings. The predicted octanol–water partition coefficient (Wildman–Crippen LogP) is 2.10. The number of para-hydroxylation sites is 1. The third-order valence-corrected chi connectivity index (χ3v) is 6.54. The Bertz CT molecular complexity index is 1230. The van der Waals surface area contributed by atoms with Gasteiger partial charge in [0.05, 0.1) is 20.2 Å². The molecule has 2 aliphatic rings. The van der Waals surface area contributed by atoms with E-state index in [1.54, 1.807) is 11.7 Å². The van der Waals surface area contributed by atoms with E-state index in [1.165, 1.54) is 29.3 Å². The average Bonchev–Trinajstić information content (AvgIpc) is 2.90. The highest BCUT2D eigenvalue weighted by Crippen LogP contribution is 2.20. The number of ether oxygens (including phenoxy) is 1. The van der Waals surface area contributed by atoms with E-state index >= 15 is 0 Å². The van der Waals surface area contributed by atoms with Gasteiger partial charge < -0.3 is 24.8 Å². The summed E-state index contributed by atoms with van der Waals surface area (Å²) in [6.45, 7) is 1.19. The van der Waals surface area contributed by atoms with Crippen LogP contribution in [0.3, 0.4) is 0 Å². The molecule has 1 aromatic carbocycles.